The van der Waals surface area contributed by atoms with Gasteiger partial charge in [-0.25, -0.2) is 4.98 Å². The van der Waals surface area contributed by atoms with Crippen molar-refractivity contribution in [1.29, 1.82) is 0 Å². The zero-order valence-electron chi connectivity index (χ0n) is 11.2. The van der Waals surface area contributed by atoms with Crippen LogP contribution >= 0.6 is 0 Å². The van der Waals surface area contributed by atoms with E-state index in [1.165, 1.54) is 0 Å². The third-order valence-corrected chi connectivity index (χ3v) is 3.66. The molecular weight excluding hydrogens is 258 g/mol. The molecule has 0 bridgehead atoms. The molecule has 1 amide bonds. The maximum atomic E-state index is 12.3. The fourth-order valence-electron chi connectivity index (χ4n) is 2.60. The molecule has 1 aromatic rings. The Morgan fingerprint density at radius 1 is 1.60 bits per heavy atom. The molecule has 0 radical (unpaired) electrons. The second-order valence-corrected chi connectivity index (χ2v) is 4.93. The number of carbonyl (C=O) groups is 1. The average Bonchev–Trinajstić information content (AvgIpc) is 3.13. The Hall–Kier alpha value is -1.84. The Morgan fingerprint density at radius 3 is 3.25 bits per heavy atom. The van der Waals surface area contributed by atoms with E-state index in [0.29, 0.717) is 32.1 Å². The van der Waals surface area contributed by atoms with Gasteiger partial charge in [0.15, 0.2) is 0 Å². The molecule has 2 aliphatic rings. The minimum absolute atomic E-state index is 0.0870. The van der Waals surface area contributed by atoms with Crippen LogP contribution in [0.5, 0.6) is 0 Å². The number of fused-ring (bicyclic) bond motifs is 1. The van der Waals surface area contributed by atoms with Crippen LogP contribution in [0, 0.1) is 12.3 Å². The molecule has 0 spiro atoms. The van der Waals surface area contributed by atoms with Gasteiger partial charge in [0.1, 0.15) is 24.2 Å². The number of aromatic nitrogens is 2. The molecule has 0 aromatic carbocycles. The van der Waals surface area contributed by atoms with Gasteiger partial charge in [-0.3, -0.25) is 4.79 Å². The largest absolute Gasteiger partial charge is 0.375 e. The first kappa shape index (κ1) is 13.2. The minimum Gasteiger partial charge on any atom is -0.375 e. The van der Waals surface area contributed by atoms with Crippen molar-refractivity contribution in [2.24, 2.45) is 0 Å². The number of carbonyl (C=O) groups excluding carboxylic acids is 1. The summed E-state index contributed by atoms with van der Waals surface area (Å²) in [4.78, 5) is 16.5. The molecule has 0 aliphatic carbocycles. The molecule has 3 heterocycles. The van der Waals surface area contributed by atoms with Crippen LogP contribution in [0.3, 0.4) is 0 Å². The fourth-order valence-corrected chi connectivity index (χ4v) is 2.60. The van der Waals surface area contributed by atoms with Gasteiger partial charge in [0.05, 0.1) is 18.9 Å². The van der Waals surface area contributed by atoms with Gasteiger partial charge in [-0.1, -0.05) is 5.92 Å². The molecule has 2 aliphatic heterocycles. The van der Waals surface area contributed by atoms with Crippen molar-refractivity contribution in [3.63, 3.8) is 0 Å². The Morgan fingerprint density at radius 2 is 2.50 bits per heavy atom. The van der Waals surface area contributed by atoms with E-state index in [1.807, 2.05) is 4.57 Å². The number of hydrogen-bond acceptors (Lipinski definition) is 4. The summed E-state index contributed by atoms with van der Waals surface area (Å²) in [6.45, 7) is 2.38. The van der Waals surface area contributed by atoms with Crippen molar-refractivity contribution >= 4 is 5.91 Å². The second-order valence-electron chi connectivity index (χ2n) is 4.93. The monoisotopic (exact) mass is 275 g/mol. The molecule has 1 N–H and O–H groups in total. The van der Waals surface area contributed by atoms with Crippen molar-refractivity contribution in [3.8, 4) is 12.3 Å². The van der Waals surface area contributed by atoms with Gasteiger partial charge >= 0.3 is 0 Å². The molecule has 106 valence electrons. The summed E-state index contributed by atoms with van der Waals surface area (Å²) < 4.78 is 12.7. The number of imidazole rings is 1. The van der Waals surface area contributed by atoms with Crippen LogP contribution < -0.4 is 5.32 Å². The third kappa shape index (κ3) is 2.42. The Kier molecular flexibility index (Phi) is 3.72. The summed E-state index contributed by atoms with van der Waals surface area (Å²) in [6.07, 6.45) is 8.86. The summed E-state index contributed by atoms with van der Waals surface area (Å²) in [5, 5.41) is 2.86. The molecule has 1 saturated heterocycles. The summed E-state index contributed by atoms with van der Waals surface area (Å²) >= 11 is 0. The number of amides is 1. The van der Waals surface area contributed by atoms with Crippen LogP contribution in [0.15, 0.2) is 6.20 Å². The first-order chi connectivity index (χ1) is 9.79. The number of nitrogens with zero attached hydrogens (tertiary/aromatic N) is 2. The van der Waals surface area contributed by atoms with E-state index in [2.05, 4.69) is 16.2 Å². The highest BCUT2D eigenvalue weighted by molar-refractivity contribution is 5.93. The van der Waals surface area contributed by atoms with Gasteiger partial charge in [-0.05, 0) is 12.8 Å². The highest BCUT2D eigenvalue weighted by Crippen LogP contribution is 2.16. The van der Waals surface area contributed by atoms with E-state index in [0.717, 1.165) is 18.7 Å². The fraction of sp³-hybridized carbons (Fsp3) is 0.571. The van der Waals surface area contributed by atoms with Crippen LogP contribution in [0.4, 0.5) is 0 Å². The van der Waals surface area contributed by atoms with Crippen LogP contribution in [0.1, 0.15) is 29.2 Å². The molecule has 20 heavy (non-hydrogen) atoms. The molecule has 2 atom stereocenters. The molecule has 1 aromatic heterocycles. The van der Waals surface area contributed by atoms with Crippen molar-refractivity contribution in [2.45, 2.75) is 38.1 Å². The van der Waals surface area contributed by atoms with E-state index in [1.54, 1.807) is 6.20 Å². The van der Waals surface area contributed by atoms with Gasteiger partial charge in [0, 0.05) is 13.2 Å². The summed E-state index contributed by atoms with van der Waals surface area (Å²) in [5.41, 5.74) is 0.529. The van der Waals surface area contributed by atoms with E-state index >= 15 is 0 Å². The normalized spacial score (nSPS) is 22.9. The number of nitrogens with one attached hydrogen (secondary N) is 1. The van der Waals surface area contributed by atoms with Gasteiger partial charge in [-0.15, -0.1) is 6.42 Å². The highest BCUT2D eigenvalue weighted by atomic mass is 16.5. The van der Waals surface area contributed by atoms with Crippen molar-refractivity contribution in [3.05, 3.63) is 17.7 Å². The smallest absolute Gasteiger partial charge is 0.270 e. The molecule has 3 rings (SSSR count). The zero-order valence-corrected chi connectivity index (χ0v) is 11.2. The Bertz CT molecular complexity index is 540. The number of hydrogen-bond donors (Lipinski definition) is 1. The number of rotatable bonds is 3. The quantitative estimate of drug-likeness (QED) is 0.807. The number of terminal acetylenes is 1. The minimum atomic E-state index is -0.393. The van der Waals surface area contributed by atoms with Crippen LogP contribution in [-0.2, 0) is 22.6 Å². The predicted molar refractivity (Wildman–Crippen MR) is 70.9 cm³/mol. The van der Waals surface area contributed by atoms with Gasteiger partial charge in [0.2, 0.25) is 0 Å². The lowest BCUT2D eigenvalue weighted by atomic mass is 10.1. The van der Waals surface area contributed by atoms with Crippen molar-refractivity contribution < 1.29 is 14.3 Å². The molecule has 6 heteroatoms. The third-order valence-electron chi connectivity index (χ3n) is 3.66. The van der Waals surface area contributed by atoms with Gasteiger partial charge < -0.3 is 19.4 Å². The zero-order chi connectivity index (χ0) is 13.9. The summed E-state index contributed by atoms with van der Waals surface area (Å²) in [6, 6.07) is -0.393. The highest BCUT2D eigenvalue weighted by Gasteiger charge is 2.27. The van der Waals surface area contributed by atoms with Crippen molar-refractivity contribution in [2.75, 3.05) is 13.2 Å². The molecule has 0 unspecified atom stereocenters. The SMILES string of the molecule is C#C[C@@H](NC(=O)c1cnc2n1CCOC2)[C@@H]1CCCO1. The lowest BCUT2D eigenvalue weighted by Crippen LogP contribution is -2.43. The van der Waals surface area contributed by atoms with Gasteiger partial charge in [-0.2, -0.15) is 0 Å². The van der Waals surface area contributed by atoms with E-state index in [9.17, 15) is 4.79 Å². The predicted octanol–water partition coefficient (Wildman–Crippen LogP) is 0.324. The topological polar surface area (TPSA) is 65.4 Å². The molecule has 0 saturated carbocycles. The standard InChI is InChI=1S/C14H17N3O3/c1-2-10(12-4-3-6-20-12)16-14(18)11-8-15-13-9-19-7-5-17(11)13/h1,8,10,12H,3-7,9H2,(H,16,18)/t10-,12+/m1/s1. The molecule has 6 nitrogen and oxygen atoms in total. The van der Waals surface area contributed by atoms with Crippen LogP contribution in [0.25, 0.3) is 0 Å². The van der Waals surface area contributed by atoms with Gasteiger partial charge in [0.25, 0.3) is 5.91 Å². The van der Waals surface area contributed by atoms with Crippen LogP contribution in [-0.4, -0.2) is 40.8 Å². The first-order valence-corrected chi connectivity index (χ1v) is 6.80. The maximum absolute atomic E-state index is 12.3. The lowest BCUT2D eigenvalue weighted by molar-refractivity contribution is 0.0723. The second kappa shape index (κ2) is 5.65. The van der Waals surface area contributed by atoms with Crippen LogP contribution in [0.2, 0.25) is 0 Å². The van der Waals surface area contributed by atoms with E-state index in [4.69, 9.17) is 15.9 Å². The van der Waals surface area contributed by atoms with Crippen molar-refractivity contribution in [1.82, 2.24) is 14.9 Å². The van der Waals surface area contributed by atoms with E-state index in [-0.39, 0.29) is 12.0 Å². The Balaban J connectivity index is 1.72. The first-order valence-electron chi connectivity index (χ1n) is 6.80. The maximum Gasteiger partial charge on any atom is 0.270 e. The summed E-state index contributed by atoms with van der Waals surface area (Å²) in [5.74, 6) is 3.17. The average molecular weight is 275 g/mol. The van der Waals surface area contributed by atoms with E-state index < -0.39 is 6.04 Å². The Labute approximate surface area is 117 Å². The number of ether oxygens (including phenoxy) is 2. The summed E-state index contributed by atoms with van der Waals surface area (Å²) in [7, 11) is 0. The lowest BCUT2D eigenvalue weighted by Gasteiger charge is -2.20. The molecule has 1 fully saturated rings. The molecular formula is C14H17N3O3.